The molecule has 0 radical (unpaired) electrons. The molecule has 5 nitrogen and oxygen atoms in total. The molecule has 0 aliphatic carbocycles. The van der Waals surface area contributed by atoms with Gasteiger partial charge in [0.2, 0.25) is 0 Å². The molecule has 0 saturated carbocycles. The van der Waals surface area contributed by atoms with Crippen LogP contribution in [-0.2, 0) is 14.2 Å². The number of hydrogen-bond acceptors (Lipinski definition) is 7. The SMILES string of the molecule is CCCCCCCCCCCC(=S)O[C@@H]1[C@@H](O)[C@H](OC(=S)CCCCCCCCCCC)CO[C@H]1CO. The van der Waals surface area contributed by atoms with Gasteiger partial charge in [-0.3, -0.25) is 0 Å². The first-order chi connectivity index (χ1) is 18.0. The van der Waals surface area contributed by atoms with E-state index < -0.39 is 24.4 Å². The Bertz CT molecular complexity index is 574. The second-order valence-electron chi connectivity index (χ2n) is 10.7. The number of unbranched alkanes of at least 4 members (excludes halogenated alkanes) is 16. The van der Waals surface area contributed by atoms with E-state index in [-0.39, 0.29) is 13.2 Å². The van der Waals surface area contributed by atoms with Gasteiger partial charge in [0.15, 0.2) is 22.3 Å². The standard InChI is InChI=1S/C30H56O5S2/c1-3-5-7-9-11-13-15-17-19-21-27(36)34-26-24-33-25(23-31)30(29(26)32)35-28(37)22-20-18-16-14-12-10-8-6-4-2/h25-26,29-32H,3-24H2,1-2H3/t25-,26+,29-,30-/m0/s1. The molecule has 1 aliphatic heterocycles. The van der Waals surface area contributed by atoms with Crippen molar-refractivity contribution in [2.24, 2.45) is 0 Å². The van der Waals surface area contributed by atoms with E-state index in [0.717, 1.165) is 25.7 Å². The molecule has 1 saturated heterocycles. The maximum absolute atomic E-state index is 10.9. The van der Waals surface area contributed by atoms with Gasteiger partial charge in [0.1, 0.15) is 12.2 Å². The van der Waals surface area contributed by atoms with Gasteiger partial charge in [0.05, 0.1) is 13.2 Å². The van der Waals surface area contributed by atoms with Crippen LogP contribution in [0.2, 0.25) is 0 Å². The second-order valence-corrected chi connectivity index (χ2v) is 11.6. The van der Waals surface area contributed by atoms with Gasteiger partial charge in [-0.15, -0.1) is 0 Å². The zero-order valence-electron chi connectivity index (χ0n) is 23.8. The van der Waals surface area contributed by atoms with Gasteiger partial charge >= 0.3 is 0 Å². The molecular formula is C30H56O5S2. The zero-order chi connectivity index (χ0) is 27.1. The summed E-state index contributed by atoms with van der Waals surface area (Å²) in [5, 5.41) is 21.6. The van der Waals surface area contributed by atoms with E-state index in [1.165, 1.54) is 89.9 Å². The molecule has 0 spiro atoms. The highest BCUT2D eigenvalue weighted by atomic mass is 32.1. The van der Waals surface area contributed by atoms with Crippen molar-refractivity contribution in [3.05, 3.63) is 0 Å². The van der Waals surface area contributed by atoms with Gasteiger partial charge in [-0.2, -0.15) is 0 Å². The van der Waals surface area contributed by atoms with Gasteiger partial charge in [-0.1, -0.05) is 117 Å². The van der Waals surface area contributed by atoms with Crippen molar-refractivity contribution >= 4 is 34.5 Å². The Balaban J connectivity index is 2.25. The van der Waals surface area contributed by atoms with Crippen molar-refractivity contribution < 1.29 is 24.4 Å². The van der Waals surface area contributed by atoms with E-state index in [0.29, 0.717) is 22.9 Å². The summed E-state index contributed by atoms with van der Waals surface area (Å²) in [6.45, 7) is 4.43. The minimum Gasteiger partial charge on any atom is -0.479 e. The van der Waals surface area contributed by atoms with Crippen molar-refractivity contribution in [1.82, 2.24) is 0 Å². The molecule has 218 valence electrons. The Labute approximate surface area is 238 Å². The van der Waals surface area contributed by atoms with E-state index in [1.54, 1.807) is 0 Å². The number of rotatable bonds is 23. The predicted octanol–water partition coefficient (Wildman–Crippen LogP) is 8.01. The highest BCUT2D eigenvalue weighted by Gasteiger charge is 2.42. The van der Waals surface area contributed by atoms with E-state index in [1.807, 2.05) is 0 Å². The van der Waals surface area contributed by atoms with Crippen molar-refractivity contribution in [3.8, 4) is 0 Å². The first kappa shape index (κ1) is 34.7. The Morgan fingerprint density at radius 1 is 0.676 bits per heavy atom. The lowest BCUT2D eigenvalue weighted by Gasteiger charge is -2.39. The normalized spacial score (nSPS) is 21.6. The Kier molecular flexibility index (Phi) is 22.1. The number of aliphatic hydroxyl groups excluding tert-OH is 2. The lowest BCUT2D eigenvalue weighted by Crippen LogP contribution is -2.56. The van der Waals surface area contributed by atoms with Crippen LogP contribution in [0.1, 0.15) is 142 Å². The topological polar surface area (TPSA) is 68.2 Å². The number of ether oxygens (including phenoxy) is 3. The van der Waals surface area contributed by atoms with Crippen molar-refractivity contribution in [2.45, 2.75) is 167 Å². The fraction of sp³-hybridized carbons (Fsp3) is 0.933. The van der Waals surface area contributed by atoms with E-state index in [2.05, 4.69) is 13.8 Å². The van der Waals surface area contributed by atoms with Crippen molar-refractivity contribution in [2.75, 3.05) is 13.2 Å². The molecule has 0 aromatic carbocycles. The van der Waals surface area contributed by atoms with Gasteiger partial charge in [0, 0.05) is 12.8 Å². The summed E-state index contributed by atoms with van der Waals surface area (Å²) in [6.07, 6.45) is 21.0. The van der Waals surface area contributed by atoms with Gasteiger partial charge in [0.25, 0.3) is 0 Å². The number of aliphatic hydroxyl groups is 2. The maximum Gasteiger partial charge on any atom is 0.160 e. The van der Waals surface area contributed by atoms with E-state index in [9.17, 15) is 10.2 Å². The molecule has 1 rings (SSSR count). The fourth-order valence-electron chi connectivity index (χ4n) is 4.85. The van der Waals surface area contributed by atoms with Crippen LogP contribution < -0.4 is 0 Å². The summed E-state index contributed by atoms with van der Waals surface area (Å²) in [6, 6.07) is 0. The van der Waals surface area contributed by atoms with Gasteiger partial charge < -0.3 is 24.4 Å². The molecule has 7 heteroatoms. The third kappa shape index (κ3) is 17.1. The van der Waals surface area contributed by atoms with Crippen LogP contribution in [-0.4, -0.2) is 57.9 Å². The Morgan fingerprint density at radius 3 is 1.51 bits per heavy atom. The minimum atomic E-state index is -0.951. The number of thiocarbonyl (C=S) groups is 2. The third-order valence-electron chi connectivity index (χ3n) is 7.26. The summed E-state index contributed by atoms with van der Waals surface area (Å²) in [5.41, 5.74) is 0. The Hall–Kier alpha value is -0.340. The van der Waals surface area contributed by atoms with E-state index in [4.69, 9.17) is 38.6 Å². The fourth-order valence-corrected chi connectivity index (χ4v) is 5.37. The molecule has 37 heavy (non-hydrogen) atoms. The number of hydrogen-bond donors (Lipinski definition) is 2. The smallest absolute Gasteiger partial charge is 0.160 e. The first-order valence-corrected chi connectivity index (χ1v) is 16.1. The lowest BCUT2D eigenvalue weighted by molar-refractivity contribution is -0.186. The third-order valence-corrected chi connectivity index (χ3v) is 7.86. The monoisotopic (exact) mass is 560 g/mol. The van der Waals surface area contributed by atoms with Gasteiger partial charge in [-0.05, 0) is 37.3 Å². The summed E-state index contributed by atoms with van der Waals surface area (Å²) in [7, 11) is 0. The summed E-state index contributed by atoms with van der Waals surface area (Å²) < 4.78 is 17.6. The average Bonchev–Trinajstić information content (AvgIpc) is 2.89. The van der Waals surface area contributed by atoms with Crippen LogP contribution in [0.25, 0.3) is 0 Å². The molecule has 1 fully saturated rings. The van der Waals surface area contributed by atoms with Crippen LogP contribution in [0.4, 0.5) is 0 Å². The second kappa shape index (κ2) is 23.5. The summed E-state index contributed by atoms with van der Waals surface area (Å²) in [4.78, 5) is 0. The average molecular weight is 561 g/mol. The molecular weight excluding hydrogens is 504 g/mol. The summed E-state index contributed by atoms with van der Waals surface area (Å²) >= 11 is 10.9. The maximum atomic E-state index is 10.9. The molecule has 0 amide bonds. The van der Waals surface area contributed by atoms with Gasteiger partial charge in [-0.25, -0.2) is 0 Å². The molecule has 1 aliphatic rings. The molecule has 0 aromatic heterocycles. The quantitative estimate of drug-likeness (QED) is 0.0969. The zero-order valence-corrected chi connectivity index (χ0v) is 25.4. The highest BCUT2D eigenvalue weighted by Crippen LogP contribution is 2.23. The minimum absolute atomic E-state index is 0.176. The highest BCUT2D eigenvalue weighted by molar-refractivity contribution is 7.80. The molecule has 1 heterocycles. The first-order valence-electron chi connectivity index (χ1n) is 15.3. The molecule has 0 unspecified atom stereocenters. The summed E-state index contributed by atoms with van der Waals surface area (Å²) in [5.74, 6) is 0. The van der Waals surface area contributed by atoms with Crippen molar-refractivity contribution in [3.63, 3.8) is 0 Å². The van der Waals surface area contributed by atoms with E-state index >= 15 is 0 Å². The van der Waals surface area contributed by atoms with Crippen LogP contribution in [0.15, 0.2) is 0 Å². The van der Waals surface area contributed by atoms with Crippen LogP contribution in [0.5, 0.6) is 0 Å². The molecule has 0 aromatic rings. The molecule has 2 N–H and O–H groups in total. The van der Waals surface area contributed by atoms with Crippen LogP contribution >= 0.6 is 24.4 Å². The molecule has 4 atom stereocenters. The lowest BCUT2D eigenvalue weighted by atomic mass is 10.00. The van der Waals surface area contributed by atoms with Crippen molar-refractivity contribution in [1.29, 1.82) is 0 Å². The molecule has 0 bridgehead atoms. The van der Waals surface area contributed by atoms with Crippen LogP contribution in [0, 0.1) is 0 Å². The largest absolute Gasteiger partial charge is 0.479 e. The Morgan fingerprint density at radius 2 is 1.08 bits per heavy atom. The van der Waals surface area contributed by atoms with Crippen LogP contribution in [0.3, 0.4) is 0 Å². The predicted molar refractivity (Wildman–Crippen MR) is 161 cm³/mol.